The van der Waals surface area contributed by atoms with Gasteiger partial charge in [0, 0.05) is 5.41 Å². The van der Waals surface area contributed by atoms with Crippen molar-refractivity contribution >= 4 is 43.1 Å². The molecule has 1 aliphatic carbocycles. The summed E-state index contributed by atoms with van der Waals surface area (Å²) in [5.41, 5.74) is 13.2. The van der Waals surface area contributed by atoms with Crippen molar-refractivity contribution in [1.82, 2.24) is 0 Å². The fraction of sp³-hybridized carbons (Fsp3) is 0.0612. The SMILES string of the molecule is CC1(C)c2ccc3ccccc3c2-c2cccc(-c3ccc(-c4c5ccccc5c(-c5ccccc5)c5ccccc45)c4ccccc34)c21. The first-order valence-corrected chi connectivity index (χ1v) is 17.3. The number of fused-ring (bicyclic) bond motifs is 8. The second kappa shape index (κ2) is 10.5. The fourth-order valence-electron chi connectivity index (χ4n) is 8.96. The quantitative estimate of drug-likeness (QED) is 0.172. The van der Waals surface area contributed by atoms with E-state index < -0.39 is 0 Å². The average molecular weight is 623 g/mol. The highest BCUT2D eigenvalue weighted by atomic mass is 14.4. The van der Waals surface area contributed by atoms with E-state index in [0.29, 0.717) is 0 Å². The van der Waals surface area contributed by atoms with Crippen LogP contribution in [0.25, 0.3) is 87.6 Å². The second-order valence-corrected chi connectivity index (χ2v) is 14.0. The summed E-state index contributed by atoms with van der Waals surface area (Å²) < 4.78 is 0. The van der Waals surface area contributed by atoms with Crippen molar-refractivity contribution in [2.24, 2.45) is 0 Å². The summed E-state index contributed by atoms with van der Waals surface area (Å²) in [5.74, 6) is 0. The summed E-state index contributed by atoms with van der Waals surface area (Å²) >= 11 is 0. The van der Waals surface area contributed by atoms with Gasteiger partial charge in [-0.05, 0) is 98.7 Å². The van der Waals surface area contributed by atoms with Crippen molar-refractivity contribution < 1.29 is 0 Å². The van der Waals surface area contributed by atoms with Crippen LogP contribution in [0, 0.1) is 0 Å². The molecule has 0 amide bonds. The maximum absolute atomic E-state index is 2.40. The molecule has 1 aliphatic rings. The van der Waals surface area contributed by atoms with Crippen molar-refractivity contribution in [1.29, 1.82) is 0 Å². The Hall–Kier alpha value is -5.98. The Bertz CT molecular complexity index is 2720. The second-order valence-electron chi connectivity index (χ2n) is 14.0. The zero-order valence-electron chi connectivity index (χ0n) is 27.7. The van der Waals surface area contributed by atoms with Crippen LogP contribution in [-0.2, 0) is 5.41 Å². The lowest BCUT2D eigenvalue weighted by atomic mass is 9.77. The third kappa shape index (κ3) is 3.98. The Kier molecular flexibility index (Phi) is 6.02. The Labute approximate surface area is 286 Å². The summed E-state index contributed by atoms with van der Waals surface area (Å²) in [6, 6.07) is 63.0. The molecule has 9 aromatic rings. The first-order chi connectivity index (χ1) is 24.1. The summed E-state index contributed by atoms with van der Waals surface area (Å²) in [5, 5.41) is 10.3. The van der Waals surface area contributed by atoms with E-state index in [4.69, 9.17) is 0 Å². The van der Waals surface area contributed by atoms with E-state index >= 15 is 0 Å². The molecule has 0 saturated carbocycles. The highest BCUT2D eigenvalue weighted by Gasteiger charge is 2.38. The lowest BCUT2D eigenvalue weighted by Crippen LogP contribution is -2.16. The monoisotopic (exact) mass is 622 g/mol. The van der Waals surface area contributed by atoms with Crippen LogP contribution in [0.2, 0.25) is 0 Å². The van der Waals surface area contributed by atoms with E-state index in [1.165, 1.54) is 98.7 Å². The molecule has 9 aromatic carbocycles. The largest absolute Gasteiger partial charge is 0.0622 e. The molecule has 0 fully saturated rings. The molecule has 0 heterocycles. The van der Waals surface area contributed by atoms with Gasteiger partial charge in [0.1, 0.15) is 0 Å². The molecule has 0 nitrogen and oxygen atoms in total. The van der Waals surface area contributed by atoms with Gasteiger partial charge in [-0.25, -0.2) is 0 Å². The minimum Gasteiger partial charge on any atom is -0.0622 e. The van der Waals surface area contributed by atoms with Crippen LogP contribution in [0.1, 0.15) is 25.0 Å². The molecule has 0 radical (unpaired) electrons. The topological polar surface area (TPSA) is 0 Å². The lowest BCUT2D eigenvalue weighted by Gasteiger charge is -2.25. The normalized spacial score (nSPS) is 13.3. The standard InChI is InChI=1S/C49H34/c1-49(2)44-30-27-31-15-6-7-18-33(31)47(44)43-26-14-25-42(48(43)49)36-28-29-41(35-20-9-8-19-34(35)36)46-39-23-12-10-21-37(39)45(32-16-4-3-5-17-32)38-22-11-13-24-40(38)46/h3-30H,1-2H3. The van der Waals surface area contributed by atoms with Crippen LogP contribution >= 0.6 is 0 Å². The third-order valence-corrected chi connectivity index (χ3v) is 11.0. The van der Waals surface area contributed by atoms with Gasteiger partial charge in [0.25, 0.3) is 0 Å². The molecule has 0 aromatic heterocycles. The molecule has 230 valence electrons. The van der Waals surface area contributed by atoms with Crippen molar-refractivity contribution in [2.75, 3.05) is 0 Å². The summed E-state index contributed by atoms with van der Waals surface area (Å²) in [6.07, 6.45) is 0. The van der Waals surface area contributed by atoms with E-state index in [1.54, 1.807) is 0 Å². The van der Waals surface area contributed by atoms with Crippen molar-refractivity contribution in [3.63, 3.8) is 0 Å². The highest BCUT2D eigenvalue weighted by Crippen LogP contribution is 2.55. The molecular formula is C49H34. The minimum atomic E-state index is -0.134. The molecule has 0 unspecified atom stereocenters. The Morgan fingerprint density at radius 1 is 0.306 bits per heavy atom. The van der Waals surface area contributed by atoms with Gasteiger partial charge in [-0.1, -0.05) is 184 Å². The highest BCUT2D eigenvalue weighted by molar-refractivity contribution is 6.24. The number of hydrogen-bond acceptors (Lipinski definition) is 0. The van der Waals surface area contributed by atoms with Crippen molar-refractivity contribution in [3.8, 4) is 44.5 Å². The van der Waals surface area contributed by atoms with Gasteiger partial charge in [0.05, 0.1) is 0 Å². The zero-order chi connectivity index (χ0) is 32.7. The summed E-state index contributed by atoms with van der Waals surface area (Å²) in [4.78, 5) is 0. The smallest absolute Gasteiger partial charge is 0.0165 e. The molecule has 0 atom stereocenters. The Morgan fingerprint density at radius 2 is 0.816 bits per heavy atom. The third-order valence-electron chi connectivity index (χ3n) is 11.0. The zero-order valence-corrected chi connectivity index (χ0v) is 27.7. The fourth-order valence-corrected chi connectivity index (χ4v) is 8.96. The molecular weight excluding hydrogens is 589 g/mol. The van der Waals surface area contributed by atoms with E-state index in [9.17, 15) is 0 Å². The maximum Gasteiger partial charge on any atom is 0.0165 e. The maximum atomic E-state index is 2.40. The molecule has 0 saturated heterocycles. The van der Waals surface area contributed by atoms with E-state index in [1.807, 2.05) is 0 Å². The van der Waals surface area contributed by atoms with Gasteiger partial charge < -0.3 is 0 Å². The van der Waals surface area contributed by atoms with Crippen LogP contribution < -0.4 is 0 Å². The molecule has 49 heavy (non-hydrogen) atoms. The van der Waals surface area contributed by atoms with Gasteiger partial charge in [-0.2, -0.15) is 0 Å². The molecule has 0 N–H and O–H groups in total. The molecule has 0 aliphatic heterocycles. The lowest BCUT2D eigenvalue weighted by molar-refractivity contribution is 0.662. The van der Waals surface area contributed by atoms with Crippen LogP contribution in [0.4, 0.5) is 0 Å². The minimum absolute atomic E-state index is 0.134. The molecule has 0 bridgehead atoms. The number of rotatable bonds is 3. The Morgan fingerprint density at radius 3 is 1.49 bits per heavy atom. The predicted molar refractivity (Wildman–Crippen MR) is 210 cm³/mol. The van der Waals surface area contributed by atoms with Crippen LogP contribution in [-0.4, -0.2) is 0 Å². The van der Waals surface area contributed by atoms with Crippen LogP contribution in [0.5, 0.6) is 0 Å². The number of benzene rings is 9. The Balaban J connectivity index is 1.26. The van der Waals surface area contributed by atoms with E-state index in [-0.39, 0.29) is 5.41 Å². The van der Waals surface area contributed by atoms with Gasteiger partial charge in [-0.3, -0.25) is 0 Å². The predicted octanol–water partition coefficient (Wildman–Crippen LogP) is 13.6. The first-order valence-electron chi connectivity index (χ1n) is 17.3. The average Bonchev–Trinajstić information content (AvgIpc) is 3.40. The van der Waals surface area contributed by atoms with E-state index in [2.05, 4.69) is 184 Å². The van der Waals surface area contributed by atoms with Gasteiger partial charge in [-0.15, -0.1) is 0 Å². The van der Waals surface area contributed by atoms with Crippen molar-refractivity contribution in [3.05, 3.63) is 181 Å². The molecule has 0 spiro atoms. The van der Waals surface area contributed by atoms with Crippen LogP contribution in [0.3, 0.4) is 0 Å². The molecule has 0 heteroatoms. The molecule has 10 rings (SSSR count). The van der Waals surface area contributed by atoms with Gasteiger partial charge in [0.2, 0.25) is 0 Å². The van der Waals surface area contributed by atoms with Crippen molar-refractivity contribution in [2.45, 2.75) is 19.3 Å². The number of hydrogen-bond donors (Lipinski definition) is 0. The summed E-state index contributed by atoms with van der Waals surface area (Å²) in [7, 11) is 0. The van der Waals surface area contributed by atoms with Gasteiger partial charge in [0.15, 0.2) is 0 Å². The first kappa shape index (κ1) is 28.1. The summed E-state index contributed by atoms with van der Waals surface area (Å²) in [6.45, 7) is 4.80. The van der Waals surface area contributed by atoms with Gasteiger partial charge >= 0.3 is 0 Å². The van der Waals surface area contributed by atoms with Crippen LogP contribution in [0.15, 0.2) is 170 Å². The van der Waals surface area contributed by atoms with E-state index in [0.717, 1.165) is 0 Å².